The van der Waals surface area contributed by atoms with Crippen LogP contribution in [0.4, 0.5) is 0 Å². The molecule has 0 spiro atoms. The molecule has 0 aliphatic heterocycles. The summed E-state index contributed by atoms with van der Waals surface area (Å²) in [5, 5.41) is 15.9. The van der Waals surface area contributed by atoms with E-state index in [0.29, 0.717) is 17.3 Å². The number of hydrogen-bond donors (Lipinski definition) is 1. The second-order valence-electron chi connectivity index (χ2n) is 5.05. The van der Waals surface area contributed by atoms with Crippen LogP contribution in [0.25, 0.3) is 10.6 Å². The Morgan fingerprint density at radius 1 is 1.47 bits per heavy atom. The highest BCUT2D eigenvalue weighted by Crippen LogP contribution is 2.34. The smallest absolute Gasteiger partial charge is 0.339 e. The van der Waals surface area contributed by atoms with Crippen LogP contribution in [0.1, 0.15) is 47.6 Å². The molecule has 2 aromatic rings. The molecule has 1 saturated carbocycles. The van der Waals surface area contributed by atoms with Crippen LogP contribution in [0.5, 0.6) is 0 Å². The van der Waals surface area contributed by atoms with Gasteiger partial charge in [0.15, 0.2) is 0 Å². The third-order valence-electron chi connectivity index (χ3n) is 3.74. The van der Waals surface area contributed by atoms with Gasteiger partial charge in [0.05, 0.1) is 10.9 Å². The Hall–Kier alpha value is -1.62. The Kier molecular flexibility index (Phi) is 3.14. The normalized spacial score (nSPS) is 16.1. The zero-order valence-electron chi connectivity index (χ0n) is 10.8. The molecule has 100 valence electrons. The molecule has 0 aromatic carbocycles. The summed E-state index contributed by atoms with van der Waals surface area (Å²) < 4.78 is 1.87. The van der Waals surface area contributed by atoms with Crippen molar-refractivity contribution in [3.63, 3.8) is 0 Å². The fourth-order valence-electron chi connectivity index (χ4n) is 2.69. The molecule has 1 N–H and O–H groups in total. The monoisotopic (exact) mass is 276 g/mol. The van der Waals surface area contributed by atoms with Crippen LogP contribution in [-0.2, 0) is 0 Å². The number of carboxylic acids is 1. The molecule has 0 saturated heterocycles. The number of nitrogens with zero attached hydrogens (tertiary/aromatic N) is 2. The summed E-state index contributed by atoms with van der Waals surface area (Å²) in [6.07, 6.45) is 6.32. The van der Waals surface area contributed by atoms with E-state index in [9.17, 15) is 9.90 Å². The summed E-state index contributed by atoms with van der Waals surface area (Å²) in [5.41, 5.74) is 2.02. The first-order valence-corrected chi connectivity index (χ1v) is 7.41. The highest BCUT2D eigenvalue weighted by molar-refractivity contribution is 7.13. The topological polar surface area (TPSA) is 55.1 Å². The van der Waals surface area contributed by atoms with E-state index in [0.717, 1.165) is 23.3 Å². The third kappa shape index (κ3) is 2.18. The summed E-state index contributed by atoms with van der Waals surface area (Å²) >= 11 is 1.55. The van der Waals surface area contributed by atoms with Crippen molar-refractivity contribution in [1.82, 2.24) is 9.78 Å². The van der Waals surface area contributed by atoms with Crippen LogP contribution >= 0.6 is 11.3 Å². The number of thiophene rings is 1. The second-order valence-corrected chi connectivity index (χ2v) is 5.96. The van der Waals surface area contributed by atoms with E-state index in [2.05, 4.69) is 5.10 Å². The average Bonchev–Trinajstić information content (AvgIpc) is 3.07. The minimum Gasteiger partial charge on any atom is -0.478 e. The number of carbonyl (C=O) groups is 1. The van der Waals surface area contributed by atoms with E-state index < -0.39 is 5.97 Å². The van der Waals surface area contributed by atoms with Gasteiger partial charge in [0.25, 0.3) is 0 Å². The van der Waals surface area contributed by atoms with Gasteiger partial charge in [-0.25, -0.2) is 4.79 Å². The van der Waals surface area contributed by atoms with Gasteiger partial charge in [-0.1, -0.05) is 12.8 Å². The zero-order valence-corrected chi connectivity index (χ0v) is 11.6. The Morgan fingerprint density at radius 3 is 2.79 bits per heavy atom. The van der Waals surface area contributed by atoms with Crippen LogP contribution < -0.4 is 0 Å². The van der Waals surface area contributed by atoms with Crippen molar-refractivity contribution >= 4 is 17.3 Å². The quantitative estimate of drug-likeness (QED) is 0.929. The predicted octanol–water partition coefficient (Wildman–Crippen LogP) is 3.73. The van der Waals surface area contributed by atoms with Crippen LogP contribution in [-0.4, -0.2) is 20.9 Å². The van der Waals surface area contributed by atoms with Gasteiger partial charge < -0.3 is 5.11 Å². The maximum absolute atomic E-state index is 11.4. The largest absolute Gasteiger partial charge is 0.478 e. The molecule has 0 bridgehead atoms. The minimum atomic E-state index is -0.896. The van der Waals surface area contributed by atoms with E-state index in [1.165, 1.54) is 12.8 Å². The molecular weight excluding hydrogens is 260 g/mol. The van der Waals surface area contributed by atoms with Crippen LogP contribution in [0, 0.1) is 6.92 Å². The molecule has 0 atom stereocenters. The lowest BCUT2D eigenvalue weighted by atomic mass is 10.1. The molecule has 4 nitrogen and oxygen atoms in total. The van der Waals surface area contributed by atoms with Gasteiger partial charge in [-0.05, 0) is 36.8 Å². The van der Waals surface area contributed by atoms with Crippen molar-refractivity contribution in [2.75, 3.05) is 0 Å². The Labute approximate surface area is 115 Å². The Bertz CT molecular complexity index is 609. The number of aromatic nitrogens is 2. The van der Waals surface area contributed by atoms with E-state index in [1.807, 2.05) is 23.1 Å². The van der Waals surface area contributed by atoms with Crippen LogP contribution in [0.2, 0.25) is 0 Å². The SMILES string of the molecule is Cc1ccsc1-c1nn(C2CCCC2)cc1C(=O)O. The first-order chi connectivity index (χ1) is 9.16. The number of hydrogen-bond acceptors (Lipinski definition) is 3. The fraction of sp³-hybridized carbons (Fsp3) is 0.429. The molecular formula is C14H16N2O2S. The molecule has 2 aromatic heterocycles. The van der Waals surface area contributed by atoms with E-state index in [-0.39, 0.29) is 0 Å². The van der Waals surface area contributed by atoms with Gasteiger partial charge in [-0.15, -0.1) is 11.3 Å². The molecule has 1 aliphatic rings. The summed E-state index contributed by atoms with van der Waals surface area (Å²) in [5.74, 6) is -0.896. The lowest BCUT2D eigenvalue weighted by molar-refractivity contribution is 0.0697. The summed E-state index contributed by atoms with van der Waals surface area (Å²) in [7, 11) is 0. The van der Waals surface area contributed by atoms with E-state index >= 15 is 0 Å². The third-order valence-corrected chi connectivity index (χ3v) is 4.76. The number of rotatable bonds is 3. The van der Waals surface area contributed by atoms with E-state index in [1.54, 1.807) is 17.5 Å². The van der Waals surface area contributed by atoms with Crippen molar-refractivity contribution in [1.29, 1.82) is 0 Å². The molecule has 3 rings (SSSR count). The van der Waals surface area contributed by atoms with Crippen LogP contribution in [0.15, 0.2) is 17.6 Å². The minimum absolute atomic E-state index is 0.317. The fourth-order valence-corrected chi connectivity index (χ4v) is 3.61. The first-order valence-electron chi connectivity index (χ1n) is 6.53. The van der Waals surface area contributed by atoms with Crippen molar-refractivity contribution < 1.29 is 9.90 Å². The predicted molar refractivity (Wildman–Crippen MR) is 74.7 cm³/mol. The highest BCUT2D eigenvalue weighted by atomic mass is 32.1. The summed E-state index contributed by atoms with van der Waals surface area (Å²) in [6, 6.07) is 2.37. The lowest BCUT2D eigenvalue weighted by Crippen LogP contribution is -2.05. The zero-order chi connectivity index (χ0) is 13.4. The van der Waals surface area contributed by atoms with Gasteiger partial charge in [0, 0.05) is 6.20 Å². The maximum Gasteiger partial charge on any atom is 0.339 e. The van der Waals surface area contributed by atoms with Crippen molar-refractivity contribution in [2.45, 2.75) is 38.6 Å². The molecule has 5 heteroatoms. The lowest BCUT2D eigenvalue weighted by Gasteiger charge is -2.08. The molecule has 1 aliphatic carbocycles. The molecule has 19 heavy (non-hydrogen) atoms. The molecule has 0 unspecified atom stereocenters. The van der Waals surface area contributed by atoms with Gasteiger partial charge in [-0.2, -0.15) is 5.10 Å². The maximum atomic E-state index is 11.4. The van der Waals surface area contributed by atoms with E-state index in [4.69, 9.17) is 0 Å². The van der Waals surface area contributed by atoms with Crippen molar-refractivity contribution in [2.24, 2.45) is 0 Å². The molecule has 2 heterocycles. The van der Waals surface area contributed by atoms with Crippen molar-refractivity contribution in [3.8, 4) is 10.6 Å². The highest BCUT2D eigenvalue weighted by Gasteiger charge is 2.24. The average molecular weight is 276 g/mol. The Morgan fingerprint density at radius 2 is 2.21 bits per heavy atom. The summed E-state index contributed by atoms with van der Waals surface area (Å²) in [4.78, 5) is 12.4. The number of aryl methyl sites for hydroxylation is 1. The van der Waals surface area contributed by atoms with Crippen LogP contribution in [0.3, 0.4) is 0 Å². The molecule has 0 amide bonds. The molecule has 0 radical (unpaired) electrons. The van der Waals surface area contributed by atoms with Gasteiger partial charge in [0.2, 0.25) is 0 Å². The first kappa shape index (κ1) is 12.4. The summed E-state index contributed by atoms with van der Waals surface area (Å²) in [6.45, 7) is 1.99. The standard InChI is InChI=1S/C14H16N2O2S/c1-9-6-7-19-13(9)12-11(14(17)18)8-16(15-12)10-4-2-3-5-10/h6-8,10H,2-5H2,1H3,(H,17,18). The number of carboxylic acid groups (broad SMARTS) is 1. The van der Waals surface area contributed by atoms with Gasteiger partial charge >= 0.3 is 5.97 Å². The second kappa shape index (κ2) is 4.81. The van der Waals surface area contributed by atoms with Gasteiger partial charge in [-0.3, -0.25) is 4.68 Å². The van der Waals surface area contributed by atoms with Gasteiger partial charge in [0.1, 0.15) is 11.3 Å². The Balaban J connectivity index is 2.07. The molecule has 1 fully saturated rings. The number of aromatic carboxylic acids is 1. The van der Waals surface area contributed by atoms with Crippen molar-refractivity contribution in [3.05, 3.63) is 28.8 Å².